The normalized spacial score (nSPS) is 18.4. The number of hydrogen-bond acceptors (Lipinski definition) is 7. The van der Waals surface area contributed by atoms with Gasteiger partial charge in [0.15, 0.2) is 11.5 Å². The Kier molecular flexibility index (Phi) is 5.18. The van der Waals surface area contributed by atoms with Crippen LogP contribution in [0.25, 0.3) is 38.2 Å². The summed E-state index contributed by atoms with van der Waals surface area (Å²) < 4.78 is 15.9. The number of nitrogens with zero attached hydrogens (tertiary/aromatic N) is 6. The van der Waals surface area contributed by atoms with Gasteiger partial charge in [-0.25, -0.2) is 9.97 Å². The van der Waals surface area contributed by atoms with Gasteiger partial charge in [-0.05, 0) is 32.4 Å². The van der Waals surface area contributed by atoms with E-state index in [2.05, 4.69) is 53.8 Å². The second-order valence-corrected chi connectivity index (χ2v) is 11.5. The van der Waals surface area contributed by atoms with E-state index in [0.29, 0.717) is 6.61 Å². The molecule has 0 spiro atoms. The number of morpholine rings is 1. The van der Waals surface area contributed by atoms with Crippen LogP contribution in [0, 0.1) is 6.92 Å². The van der Waals surface area contributed by atoms with Crippen molar-refractivity contribution in [3.8, 4) is 11.4 Å². The first-order valence-corrected chi connectivity index (χ1v) is 13.5. The van der Waals surface area contributed by atoms with E-state index in [1.165, 1.54) is 21.3 Å². The van der Waals surface area contributed by atoms with E-state index in [0.717, 1.165) is 78.9 Å². The molecule has 6 heterocycles. The number of para-hydroxylation sites is 1. The largest absolute Gasteiger partial charge is 0.379 e. The molecule has 0 saturated carbocycles. The van der Waals surface area contributed by atoms with Crippen LogP contribution in [0.4, 0.5) is 0 Å². The molecule has 7 rings (SSSR count). The second-order valence-electron chi connectivity index (χ2n) is 10.4. The van der Waals surface area contributed by atoms with Crippen molar-refractivity contribution in [2.24, 2.45) is 0 Å². The van der Waals surface area contributed by atoms with Crippen molar-refractivity contribution >= 4 is 38.1 Å². The van der Waals surface area contributed by atoms with Crippen LogP contribution in [-0.4, -0.2) is 67.5 Å². The number of thiophene rings is 1. The molecule has 8 nitrogen and oxygen atoms in total. The summed E-state index contributed by atoms with van der Waals surface area (Å²) >= 11 is 1.73. The van der Waals surface area contributed by atoms with Gasteiger partial charge in [0.1, 0.15) is 10.7 Å². The maximum Gasteiger partial charge on any atom is 0.184 e. The lowest BCUT2D eigenvalue weighted by atomic mass is 9.94. The summed E-state index contributed by atoms with van der Waals surface area (Å²) in [6, 6.07) is 8.56. The number of aromatic nitrogens is 5. The van der Waals surface area contributed by atoms with Gasteiger partial charge < -0.3 is 14.0 Å². The molecule has 1 fully saturated rings. The van der Waals surface area contributed by atoms with E-state index in [9.17, 15) is 0 Å². The molecule has 2 aliphatic rings. The molecule has 1 aromatic carbocycles. The zero-order valence-corrected chi connectivity index (χ0v) is 21.8. The van der Waals surface area contributed by atoms with E-state index in [-0.39, 0.29) is 5.60 Å². The molecule has 0 N–H and O–H groups in total. The summed E-state index contributed by atoms with van der Waals surface area (Å²) in [5, 5.41) is 7.30. The Labute approximate surface area is 213 Å². The number of rotatable bonds is 4. The van der Waals surface area contributed by atoms with Gasteiger partial charge in [-0.2, -0.15) is 4.52 Å². The molecule has 0 unspecified atom stereocenters. The minimum atomic E-state index is -0.195. The molecular formula is C27H30N6O2S. The fourth-order valence-corrected chi connectivity index (χ4v) is 6.68. The van der Waals surface area contributed by atoms with Crippen molar-refractivity contribution in [2.75, 3.05) is 32.8 Å². The Morgan fingerprint density at radius 3 is 2.78 bits per heavy atom. The minimum Gasteiger partial charge on any atom is -0.379 e. The van der Waals surface area contributed by atoms with Crippen LogP contribution in [0.1, 0.15) is 30.1 Å². The monoisotopic (exact) mass is 502 g/mol. The van der Waals surface area contributed by atoms with Crippen molar-refractivity contribution in [1.29, 1.82) is 0 Å². The number of hydrogen-bond donors (Lipinski definition) is 0. The molecule has 0 atom stereocenters. The van der Waals surface area contributed by atoms with Gasteiger partial charge in [0.25, 0.3) is 0 Å². The van der Waals surface area contributed by atoms with Crippen LogP contribution in [0.2, 0.25) is 0 Å². The predicted octanol–water partition coefficient (Wildman–Crippen LogP) is 4.45. The van der Waals surface area contributed by atoms with Crippen LogP contribution < -0.4 is 0 Å². The van der Waals surface area contributed by atoms with Gasteiger partial charge in [-0.3, -0.25) is 4.90 Å². The third kappa shape index (κ3) is 3.64. The fourth-order valence-electron chi connectivity index (χ4n) is 5.54. The van der Waals surface area contributed by atoms with Crippen LogP contribution in [0.3, 0.4) is 0 Å². The lowest BCUT2D eigenvalue weighted by molar-refractivity contribution is -0.0379. The molecule has 2 aliphatic heterocycles. The van der Waals surface area contributed by atoms with Gasteiger partial charge in [0, 0.05) is 60.1 Å². The lowest BCUT2D eigenvalue weighted by Gasteiger charge is -2.30. The topological polar surface area (TPSA) is 69.7 Å². The SMILES string of the molecule is Cc1nc2sc3c(c2c2nc(-c4cn(CCN5CCOCC5)c5ccccc45)nn12)CC(C)(C)OC3. The van der Waals surface area contributed by atoms with E-state index < -0.39 is 0 Å². The Bertz CT molecular complexity index is 1610. The molecule has 9 heteroatoms. The van der Waals surface area contributed by atoms with E-state index in [4.69, 9.17) is 24.5 Å². The Balaban J connectivity index is 1.34. The molecule has 0 aliphatic carbocycles. The maximum atomic E-state index is 6.08. The number of aryl methyl sites for hydroxylation is 1. The van der Waals surface area contributed by atoms with E-state index in [1.54, 1.807) is 11.3 Å². The van der Waals surface area contributed by atoms with Crippen molar-refractivity contribution in [3.05, 3.63) is 46.7 Å². The molecule has 4 aromatic heterocycles. The fraction of sp³-hybridized carbons (Fsp3) is 0.444. The Morgan fingerprint density at radius 2 is 1.92 bits per heavy atom. The summed E-state index contributed by atoms with van der Waals surface area (Å²) in [5.41, 5.74) is 4.30. The third-order valence-electron chi connectivity index (χ3n) is 7.46. The first-order chi connectivity index (χ1) is 17.5. The number of benzene rings is 1. The Hall–Kier alpha value is -2.85. The first kappa shape index (κ1) is 22.4. The van der Waals surface area contributed by atoms with Gasteiger partial charge in [0.2, 0.25) is 0 Å². The average molecular weight is 503 g/mol. The third-order valence-corrected chi connectivity index (χ3v) is 8.56. The average Bonchev–Trinajstić information content (AvgIpc) is 3.56. The molecule has 5 aromatic rings. The van der Waals surface area contributed by atoms with Gasteiger partial charge in [0.05, 0.1) is 30.8 Å². The van der Waals surface area contributed by atoms with Crippen molar-refractivity contribution in [1.82, 2.24) is 29.0 Å². The van der Waals surface area contributed by atoms with Crippen molar-refractivity contribution in [2.45, 2.75) is 45.9 Å². The minimum absolute atomic E-state index is 0.195. The smallest absolute Gasteiger partial charge is 0.184 e. The van der Waals surface area contributed by atoms with Crippen LogP contribution in [-0.2, 0) is 29.0 Å². The van der Waals surface area contributed by atoms with Crippen molar-refractivity contribution < 1.29 is 9.47 Å². The second kappa shape index (κ2) is 8.34. The molecule has 0 bridgehead atoms. The summed E-state index contributed by atoms with van der Waals surface area (Å²) in [7, 11) is 0. The summed E-state index contributed by atoms with van der Waals surface area (Å²) in [4.78, 5) is 14.8. The van der Waals surface area contributed by atoms with Gasteiger partial charge in [-0.1, -0.05) is 18.2 Å². The maximum absolute atomic E-state index is 6.08. The summed E-state index contributed by atoms with van der Waals surface area (Å²) in [6.45, 7) is 12.5. The van der Waals surface area contributed by atoms with E-state index >= 15 is 0 Å². The molecule has 1 saturated heterocycles. The molecular weight excluding hydrogens is 472 g/mol. The van der Waals surface area contributed by atoms with E-state index in [1.807, 2.05) is 11.4 Å². The van der Waals surface area contributed by atoms with Crippen LogP contribution >= 0.6 is 11.3 Å². The lowest BCUT2D eigenvalue weighted by Crippen LogP contribution is -2.38. The summed E-state index contributed by atoms with van der Waals surface area (Å²) in [5.74, 6) is 1.60. The van der Waals surface area contributed by atoms with Crippen molar-refractivity contribution in [3.63, 3.8) is 0 Å². The predicted molar refractivity (Wildman–Crippen MR) is 142 cm³/mol. The van der Waals surface area contributed by atoms with Crippen LogP contribution in [0.15, 0.2) is 30.5 Å². The number of fused-ring (bicyclic) bond motifs is 6. The standard InChI is InChI=1S/C27H30N6O2S/c1-17-28-26-23(19-14-27(2,3)35-16-22(19)36-26)25-29-24(30-33(17)25)20-15-32(21-7-5-4-6-18(20)21)9-8-31-10-12-34-13-11-31/h4-7,15H,8-14,16H2,1-3H3. The molecule has 186 valence electrons. The molecule has 0 radical (unpaired) electrons. The first-order valence-electron chi connectivity index (χ1n) is 12.7. The zero-order chi connectivity index (χ0) is 24.4. The Morgan fingerprint density at radius 1 is 1.08 bits per heavy atom. The quantitative estimate of drug-likeness (QED) is 0.362. The molecule has 36 heavy (non-hydrogen) atoms. The zero-order valence-electron chi connectivity index (χ0n) is 21.0. The highest BCUT2D eigenvalue weighted by Crippen LogP contribution is 2.40. The summed E-state index contributed by atoms with van der Waals surface area (Å²) in [6.07, 6.45) is 3.08. The molecule has 0 amide bonds. The number of ether oxygens (including phenoxy) is 2. The highest BCUT2D eigenvalue weighted by molar-refractivity contribution is 7.19. The highest BCUT2D eigenvalue weighted by atomic mass is 32.1. The van der Waals surface area contributed by atoms with Crippen LogP contribution in [0.5, 0.6) is 0 Å². The van der Waals surface area contributed by atoms with Gasteiger partial charge in [-0.15, -0.1) is 16.4 Å². The highest BCUT2D eigenvalue weighted by Gasteiger charge is 2.31. The van der Waals surface area contributed by atoms with Gasteiger partial charge >= 0.3 is 0 Å².